The van der Waals surface area contributed by atoms with Crippen LogP contribution in [0.25, 0.3) is 0 Å². The van der Waals surface area contributed by atoms with Crippen molar-refractivity contribution in [3.63, 3.8) is 0 Å². The molecule has 0 saturated heterocycles. The minimum atomic E-state index is -0.602. The predicted molar refractivity (Wildman–Crippen MR) is 66.7 cm³/mol. The third-order valence-corrected chi connectivity index (χ3v) is 2.54. The molecule has 0 saturated carbocycles. The Kier molecular flexibility index (Phi) is 3.74. The van der Waals surface area contributed by atoms with Crippen molar-refractivity contribution in [3.8, 4) is 5.75 Å². The zero-order valence-electron chi connectivity index (χ0n) is 9.25. The molecule has 0 fully saturated rings. The van der Waals surface area contributed by atoms with Gasteiger partial charge in [0, 0.05) is 12.3 Å². The zero-order valence-corrected chi connectivity index (χ0v) is 10.0. The predicted octanol–water partition coefficient (Wildman–Crippen LogP) is 3.22. The summed E-state index contributed by atoms with van der Waals surface area (Å²) in [7, 11) is 0. The maximum absolute atomic E-state index is 10.9. The van der Waals surface area contributed by atoms with Crippen molar-refractivity contribution in [2.24, 2.45) is 0 Å². The highest BCUT2D eigenvalue weighted by Crippen LogP contribution is 2.32. The molecule has 0 aliphatic rings. The van der Waals surface area contributed by atoms with Crippen LogP contribution in [0, 0.1) is 10.1 Å². The molecular weight excluding hydrogens is 256 g/mol. The van der Waals surface area contributed by atoms with Gasteiger partial charge in [-0.1, -0.05) is 41.9 Å². The molecule has 0 atom stereocenters. The summed E-state index contributed by atoms with van der Waals surface area (Å²) in [6, 6.07) is 10.8. The highest BCUT2D eigenvalue weighted by molar-refractivity contribution is 6.31. The maximum Gasteiger partial charge on any atom is 0.347 e. The van der Waals surface area contributed by atoms with Crippen molar-refractivity contribution in [2.45, 2.75) is 6.61 Å². The van der Waals surface area contributed by atoms with Crippen LogP contribution in [0.5, 0.6) is 5.75 Å². The largest absolute Gasteiger partial charge is 0.482 e. The first-order valence-corrected chi connectivity index (χ1v) is 5.52. The number of nitrogens with zero attached hydrogens (tertiary/aromatic N) is 2. The molecule has 0 amide bonds. The number of benzene rings is 1. The van der Waals surface area contributed by atoms with E-state index in [1.54, 1.807) is 0 Å². The third-order valence-electron chi connectivity index (χ3n) is 2.26. The standard InChI is InChI=1S/C12H9ClN2O3/c13-12-11(15(16)17)10(6-7-14-12)18-8-9-4-2-1-3-5-9/h1-7H,8H2. The lowest BCUT2D eigenvalue weighted by atomic mass is 10.2. The number of halogens is 1. The molecule has 0 bridgehead atoms. The summed E-state index contributed by atoms with van der Waals surface area (Å²) in [5.41, 5.74) is 0.606. The average molecular weight is 265 g/mol. The molecule has 0 aliphatic carbocycles. The molecule has 1 aromatic heterocycles. The van der Waals surface area contributed by atoms with Crippen molar-refractivity contribution in [2.75, 3.05) is 0 Å². The van der Waals surface area contributed by atoms with E-state index < -0.39 is 4.92 Å². The Morgan fingerprint density at radius 1 is 1.28 bits per heavy atom. The molecule has 2 aromatic rings. The van der Waals surface area contributed by atoms with Crippen LogP contribution in [0.2, 0.25) is 5.15 Å². The van der Waals surface area contributed by atoms with E-state index in [0.29, 0.717) is 0 Å². The first kappa shape index (κ1) is 12.3. The van der Waals surface area contributed by atoms with Crippen LogP contribution in [0.3, 0.4) is 0 Å². The Hall–Kier alpha value is -2.14. The number of ether oxygens (including phenoxy) is 1. The van der Waals surface area contributed by atoms with Crippen molar-refractivity contribution in [3.05, 3.63) is 63.4 Å². The van der Waals surface area contributed by atoms with Gasteiger partial charge in [-0.05, 0) is 5.56 Å². The number of rotatable bonds is 4. The fourth-order valence-electron chi connectivity index (χ4n) is 1.43. The fourth-order valence-corrected chi connectivity index (χ4v) is 1.65. The van der Waals surface area contributed by atoms with Gasteiger partial charge in [0.15, 0.2) is 0 Å². The topological polar surface area (TPSA) is 65.3 Å². The quantitative estimate of drug-likeness (QED) is 0.483. The summed E-state index contributed by atoms with van der Waals surface area (Å²) < 4.78 is 5.40. The van der Waals surface area contributed by atoms with Gasteiger partial charge in [-0.15, -0.1) is 0 Å². The van der Waals surface area contributed by atoms with Crippen molar-refractivity contribution in [1.29, 1.82) is 0 Å². The smallest absolute Gasteiger partial charge is 0.347 e. The highest BCUT2D eigenvalue weighted by atomic mass is 35.5. The second-order valence-electron chi connectivity index (χ2n) is 3.48. The lowest BCUT2D eigenvalue weighted by Crippen LogP contribution is -2.00. The van der Waals surface area contributed by atoms with Crippen LogP contribution in [0.1, 0.15) is 5.56 Å². The van der Waals surface area contributed by atoms with E-state index in [1.807, 2.05) is 30.3 Å². The second-order valence-corrected chi connectivity index (χ2v) is 3.84. The van der Waals surface area contributed by atoms with E-state index in [4.69, 9.17) is 16.3 Å². The average Bonchev–Trinajstić information content (AvgIpc) is 2.37. The number of aromatic nitrogens is 1. The van der Waals surface area contributed by atoms with E-state index >= 15 is 0 Å². The Balaban J connectivity index is 2.20. The Bertz CT molecular complexity index is 561. The molecule has 6 heteroatoms. The summed E-state index contributed by atoms with van der Waals surface area (Å²) >= 11 is 5.67. The molecule has 0 unspecified atom stereocenters. The lowest BCUT2D eigenvalue weighted by Gasteiger charge is -2.06. The molecule has 2 rings (SSSR count). The van der Waals surface area contributed by atoms with Gasteiger partial charge in [0.25, 0.3) is 0 Å². The highest BCUT2D eigenvalue weighted by Gasteiger charge is 2.21. The molecule has 0 N–H and O–H groups in total. The number of nitro groups is 1. The first-order chi connectivity index (χ1) is 8.68. The van der Waals surface area contributed by atoms with Gasteiger partial charge in [-0.2, -0.15) is 0 Å². The number of pyridine rings is 1. The van der Waals surface area contributed by atoms with Crippen molar-refractivity contribution >= 4 is 17.3 Å². The Labute approximate surface area is 108 Å². The van der Waals surface area contributed by atoms with Gasteiger partial charge in [0.2, 0.25) is 10.9 Å². The van der Waals surface area contributed by atoms with Gasteiger partial charge in [-0.25, -0.2) is 4.98 Å². The van der Waals surface area contributed by atoms with Crippen LogP contribution < -0.4 is 4.74 Å². The SMILES string of the molecule is O=[N+]([O-])c1c(OCc2ccccc2)ccnc1Cl. The monoisotopic (exact) mass is 264 g/mol. The van der Waals surface area contributed by atoms with E-state index in [0.717, 1.165) is 5.56 Å². The van der Waals surface area contributed by atoms with Crippen LogP contribution in [0.4, 0.5) is 5.69 Å². The summed E-state index contributed by atoms with van der Waals surface area (Å²) in [6.45, 7) is 0.238. The minimum Gasteiger partial charge on any atom is -0.482 e. The van der Waals surface area contributed by atoms with Gasteiger partial charge in [0.1, 0.15) is 6.61 Å². The molecule has 18 heavy (non-hydrogen) atoms. The summed E-state index contributed by atoms with van der Waals surface area (Å²) in [4.78, 5) is 13.9. The summed E-state index contributed by atoms with van der Waals surface area (Å²) in [6.07, 6.45) is 1.37. The molecule has 0 aliphatic heterocycles. The van der Waals surface area contributed by atoms with Gasteiger partial charge >= 0.3 is 5.69 Å². The number of hydrogen-bond acceptors (Lipinski definition) is 4. The third kappa shape index (κ3) is 2.75. The molecular formula is C12H9ClN2O3. The van der Waals surface area contributed by atoms with Gasteiger partial charge in [0.05, 0.1) is 4.92 Å². The zero-order chi connectivity index (χ0) is 13.0. The van der Waals surface area contributed by atoms with Gasteiger partial charge < -0.3 is 4.74 Å². The molecule has 0 radical (unpaired) electrons. The normalized spacial score (nSPS) is 10.1. The van der Waals surface area contributed by atoms with Crippen molar-refractivity contribution < 1.29 is 9.66 Å². The van der Waals surface area contributed by atoms with E-state index in [2.05, 4.69) is 4.98 Å². The molecule has 5 nitrogen and oxygen atoms in total. The van der Waals surface area contributed by atoms with Crippen LogP contribution in [-0.4, -0.2) is 9.91 Å². The Morgan fingerprint density at radius 3 is 2.67 bits per heavy atom. The molecule has 1 aromatic carbocycles. The Morgan fingerprint density at radius 2 is 2.00 bits per heavy atom. The first-order valence-electron chi connectivity index (χ1n) is 5.14. The van der Waals surface area contributed by atoms with E-state index in [9.17, 15) is 10.1 Å². The van der Waals surface area contributed by atoms with Crippen LogP contribution in [0.15, 0.2) is 42.6 Å². The van der Waals surface area contributed by atoms with Gasteiger partial charge in [-0.3, -0.25) is 10.1 Å². The second kappa shape index (κ2) is 5.46. The lowest BCUT2D eigenvalue weighted by molar-refractivity contribution is -0.386. The van der Waals surface area contributed by atoms with Crippen LogP contribution >= 0.6 is 11.6 Å². The number of hydrogen-bond donors (Lipinski definition) is 0. The fraction of sp³-hybridized carbons (Fsp3) is 0.0833. The van der Waals surface area contributed by atoms with E-state index in [1.165, 1.54) is 12.3 Å². The molecule has 1 heterocycles. The maximum atomic E-state index is 10.9. The molecule has 92 valence electrons. The van der Waals surface area contributed by atoms with E-state index in [-0.39, 0.29) is 23.2 Å². The summed E-state index contributed by atoms with van der Waals surface area (Å²) in [5, 5.41) is 10.7. The van der Waals surface area contributed by atoms with Crippen molar-refractivity contribution in [1.82, 2.24) is 4.98 Å². The summed E-state index contributed by atoms with van der Waals surface area (Å²) in [5.74, 6) is 0.115. The minimum absolute atomic E-state index is 0.115. The van der Waals surface area contributed by atoms with Crippen LogP contribution in [-0.2, 0) is 6.61 Å². The molecule has 0 spiro atoms.